The number of nitrogens with one attached hydrogen (secondary N) is 1. The number of aromatic nitrogens is 2. The third kappa shape index (κ3) is 3.11. The van der Waals surface area contributed by atoms with Crippen LogP contribution in [-0.2, 0) is 29.8 Å². The fourth-order valence-corrected chi connectivity index (χ4v) is 3.58. The zero-order valence-electron chi connectivity index (χ0n) is 12.8. The Morgan fingerprint density at radius 2 is 2.14 bits per heavy atom. The van der Waals surface area contributed by atoms with Crippen LogP contribution in [0.3, 0.4) is 0 Å². The monoisotopic (exact) mass is 317 g/mol. The molecule has 1 aliphatic rings. The summed E-state index contributed by atoms with van der Waals surface area (Å²) in [6, 6.07) is 7.81. The van der Waals surface area contributed by atoms with Crippen LogP contribution in [0.1, 0.15) is 23.2 Å². The van der Waals surface area contributed by atoms with Crippen LogP contribution in [0.5, 0.6) is 5.75 Å². The number of aryl methyl sites for hydroxylation is 2. The molecule has 0 spiro atoms. The van der Waals surface area contributed by atoms with E-state index in [0.29, 0.717) is 12.8 Å². The Morgan fingerprint density at radius 3 is 2.86 bits per heavy atom. The van der Waals surface area contributed by atoms with Crippen LogP contribution in [0.4, 0.5) is 5.82 Å². The van der Waals surface area contributed by atoms with Crippen molar-refractivity contribution in [3.63, 3.8) is 0 Å². The third-order valence-corrected chi connectivity index (χ3v) is 4.74. The fourth-order valence-electron chi connectivity index (χ4n) is 2.54. The number of fused-ring (bicyclic) bond motifs is 1. The molecular weight excluding hydrogens is 298 g/mol. The number of hydrogen-bond donors (Lipinski definition) is 1. The number of thioether (sulfide) groups is 1. The SMILES string of the molecule is COc1ccc(CCC(=O)Nc2c3c(nn2C)CSC3)cc1. The highest BCUT2D eigenvalue weighted by Gasteiger charge is 2.22. The number of hydrogen-bond acceptors (Lipinski definition) is 4. The van der Waals surface area contributed by atoms with Crippen LogP contribution in [-0.4, -0.2) is 22.8 Å². The maximum atomic E-state index is 12.2. The minimum absolute atomic E-state index is 0.0264. The molecular formula is C16H19N3O2S. The molecule has 1 aromatic carbocycles. The Balaban J connectivity index is 1.58. The topological polar surface area (TPSA) is 56.1 Å². The summed E-state index contributed by atoms with van der Waals surface area (Å²) in [5.74, 6) is 3.57. The average molecular weight is 317 g/mol. The first-order valence-corrected chi connectivity index (χ1v) is 8.38. The molecule has 5 nitrogen and oxygen atoms in total. The van der Waals surface area contributed by atoms with E-state index < -0.39 is 0 Å². The van der Waals surface area contributed by atoms with Crippen molar-refractivity contribution in [2.24, 2.45) is 7.05 Å². The van der Waals surface area contributed by atoms with Crippen molar-refractivity contribution in [2.75, 3.05) is 12.4 Å². The van der Waals surface area contributed by atoms with Gasteiger partial charge in [0.2, 0.25) is 5.91 Å². The molecule has 2 aromatic rings. The summed E-state index contributed by atoms with van der Waals surface area (Å²) >= 11 is 1.83. The van der Waals surface area contributed by atoms with Crippen molar-refractivity contribution in [1.29, 1.82) is 0 Å². The Labute approximate surface area is 134 Å². The number of nitrogens with zero attached hydrogens (tertiary/aromatic N) is 2. The van der Waals surface area contributed by atoms with Gasteiger partial charge in [0.15, 0.2) is 0 Å². The van der Waals surface area contributed by atoms with Gasteiger partial charge in [-0.2, -0.15) is 16.9 Å². The van der Waals surface area contributed by atoms with E-state index in [1.165, 1.54) is 5.56 Å². The molecule has 1 aliphatic heterocycles. The first kappa shape index (κ1) is 15.0. The first-order chi connectivity index (χ1) is 10.7. The minimum atomic E-state index is 0.0264. The highest BCUT2D eigenvalue weighted by Crippen LogP contribution is 2.34. The molecule has 6 heteroatoms. The largest absolute Gasteiger partial charge is 0.497 e. The molecule has 1 aromatic heterocycles. The maximum Gasteiger partial charge on any atom is 0.225 e. The van der Waals surface area contributed by atoms with Gasteiger partial charge in [-0.25, -0.2) is 0 Å². The van der Waals surface area contributed by atoms with Crippen molar-refractivity contribution in [2.45, 2.75) is 24.3 Å². The van der Waals surface area contributed by atoms with Gasteiger partial charge in [-0.3, -0.25) is 9.48 Å². The van der Waals surface area contributed by atoms with Crippen LogP contribution in [0.25, 0.3) is 0 Å². The Bertz CT molecular complexity index is 679. The minimum Gasteiger partial charge on any atom is -0.497 e. The number of methoxy groups -OCH3 is 1. The summed E-state index contributed by atoms with van der Waals surface area (Å²) in [6.07, 6.45) is 1.17. The van der Waals surface area contributed by atoms with Crippen molar-refractivity contribution < 1.29 is 9.53 Å². The predicted molar refractivity (Wildman–Crippen MR) is 88.2 cm³/mol. The van der Waals surface area contributed by atoms with Crippen molar-refractivity contribution in [3.05, 3.63) is 41.1 Å². The van der Waals surface area contributed by atoms with E-state index in [4.69, 9.17) is 4.74 Å². The Kier molecular flexibility index (Phi) is 4.38. The van der Waals surface area contributed by atoms with Gasteiger partial charge in [0.25, 0.3) is 0 Å². The van der Waals surface area contributed by atoms with Crippen LogP contribution in [0.2, 0.25) is 0 Å². The summed E-state index contributed by atoms with van der Waals surface area (Å²) in [5.41, 5.74) is 3.39. The van der Waals surface area contributed by atoms with Gasteiger partial charge in [0.1, 0.15) is 11.6 Å². The van der Waals surface area contributed by atoms with Crippen LogP contribution in [0, 0.1) is 0 Å². The van der Waals surface area contributed by atoms with Gasteiger partial charge in [-0.1, -0.05) is 12.1 Å². The van der Waals surface area contributed by atoms with E-state index in [0.717, 1.165) is 34.3 Å². The van der Waals surface area contributed by atoms with Crippen LogP contribution < -0.4 is 10.1 Å². The highest BCUT2D eigenvalue weighted by molar-refractivity contribution is 7.98. The molecule has 0 atom stereocenters. The summed E-state index contributed by atoms with van der Waals surface area (Å²) in [7, 11) is 3.52. The molecule has 22 heavy (non-hydrogen) atoms. The average Bonchev–Trinajstić information content (AvgIpc) is 3.09. The lowest BCUT2D eigenvalue weighted by Crippen LogP contribution is -2.16. The molecule has 0 saturated heterocycles. The number of anilines is 1. The standard InChI is InChI=1S/C16H19N3O2S/c1-19-16(13-9-22-10-14(13)18-19)17-15(20)8-5-11-3-6-12(21-2)7-4-11/h3-4,6-7H,5,8-10H2,1-2H3,(H,17,20). The third-order valence-electron chi connectivity index (χ3n) is 3.77. The zero-order chi connectivity index (χ0) is 15.5. The lowest BCUT2D eigenvalue weighted by Gasteiger charge is -2.08. The molecule has 0 radical (unpaired) electrons. The van der Waals surface area contributed by atoms with Crippen molar-refractivity contribution in [1.82, 2.24) is 9.78 Å². The first-order valence-electron chi connectivity index (χ1n) is 7.22. The zero-order valence-corrected chi connectivity index (χ0v) is 13.6. The second kappa shape index (κ2) is 6.44. The maximum absolute atomic E-state index is 12.2. The van der Waals surface area contributed by atoms with Gasteiger partial charge >= 0.3 is 0 Å². The second-order valence-corrected chi connectivity index (χ2v) is 6.27. The fraction of sp³-hybridized carbons (Fsp3) is 0.375. The predicted octanol–water partition coefficient (Wildman–Crippen LogP) is 2.75. The second-order valence-electron chi connectivity index (χ2n) is 5.29. The molecule has 2 heterocycles. The highest BCUT2D eigenvalue weighted by atomic mass is 32.2. The smallest absolute Gasteiger partial charge is 0.225 e. The van der Waals surface area contributed by atoms with E-state index in [2.05, 4.69) is 10.4 Å². The summed E-state index contributed by atoms with van der Waals surface area (Å²) in [6.45, 7) is 0. The van der Waals surface area contributed by atoms with Gasteiger partial charge in [-0.05, 0) is 24.1 Å². The number of rotatable bonds is 5. The molecule has 0 unspecified atom stereocenters. The lowest BCUT2D eigenvalue weighted by molar-refractivity contribution is -0.116. The summed E-state index contributed by atoms with van der Waals surface area (Å²) in [4.78, 5) is 12.2. The molecule has 116 valence electrons. The molecule has 0 aliphatic carbocycles. The van der Waals surface area contributed by atoms with E-state index in [1.54, 1.807) is 11.8 Å². The number of carbonyl (C=O) groups excluding carboxylic acids is 1. The Hall–Kier alpha value is -1.95. The van der Waals surface area contributed by atoms with E-state index in [-0.39, 0.29) is 5.91 Å². The number of carbonyl (C=O) groups is 1. The number of amides is 1. The van der Waals surface area contributed by atoms with Crippen molar-refractivity contribution >= 4 is 23.5 Å². The number of benzene rings is 1. The van der Waals surface area contributed by atoms with Gasteiger partial charge in [-0.15, -0.1) is 0 Å². The van der Waals surface area contributed by atoms with Gasteiger partial charge in [0.05, 0.1) is 12.8 Å². The van der Waals surface area contributed by atoms with Gasteiger partial charge < -0.3 is 10.1 Å². The molecule has 0 saturated carbocycles. The van der Waals surface area contributed by atoms with E-state index in [9.17, 15) is 4.79 Å². The molecule has 0 bridgehead atoms. The molecule has 3 rings (SSSR count). The van der Waals surface area contributed by atoms with Crippen LogP contribution in [0.15, 0.2) is 24.3 Å². The molecule has 1 amide bonds. The number of ether oxygens (including phenoxy) is 1. The van der Waals surface area contributed by atoms with E-state index >= 15 is 0 Å². The van der Waals surface area contributed by atoms with Crippen molar-refractivity contribution in [3.8, 4) is 5.75 Å². The quantitative estimate of drug-likeness (QED) is 0.921. The van der Waals surface area contributed by atoms with E-state index in [1.807, 2.05) is 43.1 Å². The molecule has 0 fully saturated rings. The summed E-state index contributed by atoms with van der Waals surface area (Å²) in [5, 5.41) is 7.46. The van der Waals surface area contributed by atoms with Crippen LogP contribution >= 0.6 is 11.8 Å². The Morgan fingerprint density at radius 1 is 1.36 bits per heavy atom. The van der Waals surface area contributed by atoms with Gasteiger partial charge in [0, 0.05) is 30.5 Å². The summed E-state index contributed by atoms with van der Waals surface area (Å²) < 4.78 is 6.90. The molecule has 1 N–H and O–H groups in total. The lowest BCUT2D eigenvalue weighted by atomic mass is 10.1. The normalized spacial score (nSPS) is 13.0.